The molecule has 9 nitrogen and oxygen atoms in total. The van der Waals surface area contributed by atoms with Crippen LogP contribution in [0.25, 0.3) is 10.9 Å². The molecule has 0 spiro atoms. The van der Waals surface area contributed by atoms with Crippen LogP contribution in [-0.2, 0) is 6.61 Å². The molecule has 1 aromatic heterocycles. The monoisotopic (exact) mass is 546 g/mol. The van der Waals surface area contributed by atoms with Gasteiger partial charge in [0.25, 0.3) is 11.2 Å². The average molecular weight is 547 g/mol. The molecule has 10 heteroatoms. The van der Waals surface area contributed by atoms with Crippen molar-refractivity contribution in [3.05, 3.63) is 103 Å². The molecule has 1 aliphatic rings. The van der Waals surface area contributed by atoms with Crippen LogP contribution in [0.15, 0.2) is 70.6 Å². The minimum atomic E-state index is -0.452. The number of halogens is 1. The SMILES string of the molecule is COc1cc(Cl)cc(C=Nn2c(C3CCCCC3)nc3ccccc3c2=O)c1OCc1ccc([N+](=O)[O-])cc1. The summed E-state index contributed by atoms with van der Waals surface area (Å²) in [5, 5.41) is 16.5. The van der Waals surface area contributed by atoms with Crippen LogP contribution >= 0.6 is 11.6 Å². The van der Waals surface area contributed by atoms with E-state index in [9.17, 15) is 14.9 Å². The Kier molecular flexibility index (Phi) is 7.88. The number of methoxy groups -OCH3 is 1. The van der Waals surface area contributed by atoms with E-state index in [2.05, 4.69) is 5.10 Å². The van der Waals surface area contributed by atoms with Crippen molar-refractivity contribution >= 4 is 34.4 Å². The van der Waals surface area contributed by atoms with Gasteiger partial charge in [0.1, 0.15) is 12.4 Å². The Morgan fingerprint density at radius 1 is 1.13 bits per heavy atom. The van der Waals surface area contributed by atoms with Crippen LogP contribution < -0.4 is 15.0 Å². The van der Waals surface area contributed by atoms with E-state index in [0.29, 0.717) is 38.8 Å². The number of para-hydroxylation sites is 1. The van der Waals surface area contributed by atoms with Crippen molar-refractivity contribution in [3.63, 3.8) is 0 Å². The second kappa shape index (κ2) is 11.7. The summed E-state index contributed by atoms with van der Waals surface area (Å²) < 4.78 is 13.0. The number of rotatable bonds is 8. The third-order valence-electron chi connectivity index (χ3n) is 6.86. The summed E-state index contributed by atoms with van der Waals surface area (Å²) in [7, 11) is 1.50. The molecule has 200 valence electrons. The van der Waals surface area contributed by atoms with E-state index in [1.807, 2.05) is 18.2 Å². The molecule has 1 heterocycles. The number of nitro groups is 1. The van der Waals surface area contributed by atoms with Crippen LogP contribution in [0.5, 0.6) is 11.5 Å². The second-order valence-electron chi connectivity index (χ2n) is 9.42. The summed E-state index contributed by atoms with van der Waals surface area (Å²) in [6, 6.07) is 16.7. The van der Waals surface area contributed by atoms with Gasteiger partial charge in [-0.25, -0.2) is 4.98 Å². The molecule has 0 saturated heterocycles. The predicted molar refractivity (Wildman–Crippen MR) is 150 cm³/mol. The van der Waals surface area contributed by atoms with Crippen molar-refractivity contribution in [1.29, 1.82) is 0 Å². The summed E-state index contributed by atoms with van der Waals surface area (Å²) in [5.41, 5.74) is 1.66. The summed E-state index contributed by atoms with van der Waals surface area (Å²) >= 11 is 6.37. The second-order valence-corrected chi connectivity index (χ2v) is 9.86. The van der Waals surface area contributed by atoms with Gasteiger partial charge in [-0.2, -0.15) is 9.78 Å². The smallest absolute Gasteiger partial charge is 0.282 e. The number of ether oxygens (including phenoxy) is 2. The number of hydrogen-bond acceptors (Lipinski definition) is 7. The van der Waals surface area contributed by atoms with Gasteiger partial charge in [-0.1, -0.05) is 43.0 Å². The van der Waals surface area contributed by atoms with Gasteiger partial charge in [0.2, 0.25) is 0 Å². The van der Waals surface area contributed by atoms with Crippen molar-refractivity contribution in [2.24, 2.45) is 5.10 Å². The molecule has 1 saturated carbocycles. The zero-order chi connectivity index (χ0) is 27.4. The standard InChI is InChI=1S/C29H27ClN4O5/c1-38-26-16-22(30)15-21(27(26)39-18-19-11-13-23(14-12-19)34(36)37)17-31-33-28(20-7-3-2-4-8-20)32-25-10-6-5-9-24(25)29(33)35/h5-6,9-17,20H,2-4,7-8,18H2,1H3. The maximum atomic E-state index is 13.6. The van der Waals surface area contributed by atoms with Gasteiger partial charge in [0, 0.05) is 34.7 Å². The first-order chi connectivity index (χ1) is 18.9. The minimum absolute atomic E-state index is 0.00106. The van der Waals surface area contributed by atoms with Crippen molar-refractivity contribution in [2.75, 3.05) is 7.11 Å². The summed E-state index contributed by atoms with van der Waals surface area (Å²) in [4.78, 5) is 28.9. The number of fused-ring (bicyclic) bond motifs is 1. The van der Waals surface area contributed by atoms with Gasteiger partial charge < -0.3 is 9.47 Å². The molecule has 5 rings (SSSR count). The Morgan fingerprint density at radius 2 is 1.87 bits per heavy atom. The topological polar surface area (TPSA) is 109 Å². The molecule has 1 aliphatic carbocycles. The number of nitrogens with zero attached hydrogens (tertiary/aromatic N) is 4. The Balaban J connectivity index is 1.53. The third-order valence-corrected chi connectivity index (χ3v) is 7.08. The van der Waals surface area contributed by atoms with E-state index in [4.69, 9.17) is 26.1 Å². The van der Waals surface area contributed by atoms with Gasteiger partial charge in [0.05, 0.1) is 29.2 Å². The molecule has 0 radical (unpaired) electrons. The molecule has 0 N–H and O–H groups in total. The normalized spacial score (nSPS) is 14.1. The van der Waals surface area contributed by atoms with Crippen LogP contribution in [-0.4, -0.2) is 27.9 Å². The fraction of sp³-hybridized carbons (Fsp3) is 0.276. The summed E-state index contributed by atoms with van der Waals surface area (Å²) in [5.74, 6) is 1.56. The quantitative estimate of drug-likeness (QED) is 0.142. The third kappa shape index (κ3) is 5.78. The highest BCUT2D eigenvalue weighted by Gasteiger charge is 2.22. The van der Waals surface area contributed by atoms with E-state index in [1.54, 1.807) is 30.3 Å². The lowest BCUT2D eigenvalue weighted by Gasteiger charge is -2.22. The first kappa shape index (κ1) is 26.4. The van der Waals surface area contributed by atoms with Crippen molar-refractivity contribution in [2.45, 2.75) is 44.6 Å². The predicted octanol–water partition coefficient (Wildman–Crippen LogP) is 6.48. The van der Waals surface area contributed by atoms with E-state index in [-0.39, 0.29) is 23.8 Å². The molecule has 0 unspecified atom stereocenters. The average Bonchev–Trinajstić information content (AvgIpc) is 2.96. The highest BCUT2D eigenvalue weighted by Crippen LogP contribution is 2.35. The zero-order valence-corrected chi connectivity index (χ0v) is 22.1. The highest BCUT2D eigenvalue weighted by atomic mass is 35.5. The Morgan fingerprint density at radius 3 is 2.59 bits per heavy atom. The number of aromatic nitrogens is 2. The van der Waals surface area contributed by atoms with Crippen molar-refractivity contribution in [3.8, 4) is 11.5 Å². The maximum Gasteiger partial charge on any atom is 0.282 e. The molecular formula is C29H27ClN4O5. The Hall–Kier alpha value is -4.24. The van der Waals surface area contributed by atoms with E-state index in [1.165, 1.54) is 36.6 Å². The zero-order valence-electron chi connectivity index (χ0n) is 21.4. The van der Waals surface area contributed by atoms with Crippen LogP contribution in [0.1, 0.15) is 55.0 Å². The lowest BCUT2D eigenvalue weighted by molar-refractivity contribution is -0.384. The number of benzene rings is 3. The van der Waals surface area contributed by atoms with Gasteiger partial charge in [-0.05, 0) is 48.7 Å². The van der Waals surface area contributed by atoms with Gasteiger partial charge in [-0.3, -0.25) is 14.9 Å². The van der Waals surface area contributed by atoms with Gasteiger partial charge in [-0.15, -0.1) is 0 Å². The molecule has 1 fully saturated rings. The van der Waals surface area contributed by atoms with E-state index < -0.39 is 4.92 Å². The fourth-order valence-corrected chi connectivity index (χ4v) is 5.07. The number of nitro benzene ring substituents is 1. The van der Waals surface area contributed by atoms with Crippen molar-refractivity contribution in [1.82, 2.24) is 9.66 Å². The minimum Gasteiger partial charge on any atom is -0.493 e. The molecule has 3 aromatic carbocycles. The van der Waals surface area contributed by atoms with Crippen LogP contribution in [0.2, 0.25) is 5.02 Å². The molecule has 0 amide bonds. The lowest BCUT2D eigenvalue weighted by atomic mass is 9.88. The maximum absolute atomic E-state index is 13.6. The molecule has 0 aliphatic heterocycles. The van der Waals surface area contributed by atoms with Crippen LogP contribution in [0.3, 0.4) is 0 Å². The largest absolute Gasteiger partial charge is 0.493 e. The Bertz CT molecular complexity index is 1590. The molecule has 39 heavy (non-hydrogen) atoms. The first-order valence-electron chi connectivity index (χ1n) is 12.7. The summed E-state index contributed by atoms with van der Waals surface area (Å²) in [6.07, 6.45) is 6.79. The van der Waals surface area contributed by atoms with Crippen LogP contribution in [0.4, 0.5) is 5.69 Å². The number of hydrogen-bond donors (Lipinski definition) is 0. The Labute approximate surface area is 229 Å². The molecule has 0 atom stereocenters. The van der Waals surface area contributed by atoms with Crippen LogP contribution in [0, 0.1) is 10.1 Å². The van der Waals surface area contributed by atoms with Crippen molar-refractivity contribution < 1.29 is 14.4 Å². The van der Waals surface area contributed by atoms with E-state index >= 15 is 0 Å². The van der Waals surface area contributed by atoms with Gasteiger partial charge >= 0.3 is 0 Å². The lowest BCUT2D eigenvalue weighted by Crippen LogP contribution is -2.25. The first-order valence-corrected chi connectivity index (χ1v) is 13.1. The van der Waals surface area contributed by atoms with E-state index in [0.717, 1.165) is 31.2 Å². The van der Waals surface area contributed by atoms with Gasteiger partial charge in [0.15, 0.2) is 11.5 Å². The molecular weight excluding hydrogens is 520 g/mol. The summed E-state index contributed by atoms with van der Waals surface area (Å²) in [6.45, 7) is 0.127. The molecule has 0 bridgehead atoms. The highest BCUT2D eigenvalue weighted by molar-refractivity contribution is 6.31. The number of non-ortho nitro benzene ring substituents is 1. The fourth-order valence-electron chi connectivity index (χ4n) is 4.86. The molecule has 4 aromatic rings.